The molecule has 2 fully saturated rings. The normalized spacial score (nSPS) is 27.2. The van der Waals surface area contributed by atoms with Gasteiger partial charge in [-0.15, -0.1) is 0 Å². The van der Waals surface area contributed by atoms with Crippen LogP contribution in [0, 0.1) is 11.8 Å². The second-order valence-electron chi connectivity index (χ2n) is 6.02. The molecule has 3 rings (SSSR count). The number of anilines is 1. The Morgan fingerprint density at radius 1 is 1.16 bits per heavy atom. The number of fused-ring (bicyclic) bond motifs is 1. The van der Waals surface area contributed by atoms with Crippen molar-refractivity contribution < 1.29 is 0 Å². The Hall–Kier alpha value is -0.730. The molecule has 104 valence electrons. The number of benzene rings is 1. The lowest BCUT2D eigenvalue weighted by atomic mass is 9.75. The van der Waals surface area contributed by atoms with Crippen molar-refractivity contribution in [2.75, 3.05) is 18.0 Å². The van der Waals surface area contributed by atoms with Crippen molar-refractivity contribution in [2.45, 2.75) is 38.6 Å². The number of hydrogen-bond donors (Lipinski definition) is 1. The third-order valence-corrected chi connectivity index (χ3v) is 5.13. The number of nitrogens with zero attached hydrogens (tertiary/aromatic N) is 1. The molecule has 19 heavy (non-hydrogen) atoms. The van der Waals surface area contributed by atoms with Crippen LogP contribution in [0.25, 0.3) is 0 Å². The van der Waals surface area contributed by atoms with E-state index in [1.165, 1.54) is 49.9 Å². The van der Waals surface area contributed by atoms with E-state index >= 15 is 0 Å². The third-order valence-electron chi connectivity index (χ3n) is 4.90. The van der Waals surface area contributed by atoms with Crippen LogP contribution in [0.3, 0.4) is 0 Å². The Morgan fingerprint density at radius 3 is 2.74 bits per heavy atom. The topological polar surface area (TPSA) is 29.3 Å². The Morgan fingerprint density at radius 2 is 1.95 bits per heavy atom. The number of halogens is 1. The molecule has 1 saturated heterocycles. The predicted octanol–water partition coefficient (Wildman–Crippen LogP) is 3.82. The summed E-state index contributed by atoms with van der Waals surface area (Å²) in [7, 11) is 0. The molecule has 0 bridgehead atoms. The average Bonchev–Trinajstić information content (AvgIpc) is 2.46. The summed E-state index contributed by atoms with van der Waals surface area (Å²) in [4.78, 5) is 2.51. The Kier molecular flexibility index (Phi) is 3.99. The van der Waals surface area contributed by atoms with Crippen LogP contribution in [0.1, 0.15) is 37.7 Å². The maximum atomic E-state index is 6.16. The molecule has 1 heterocycles. The molecule has 2 aliphatic rings. The van der Waals surface area contributed by atoms with Crippen molar-refractivity contribution in [3.8, 4) is 0 Å². The molecule has 1 aliphatic heterocycles. The maximum absolute atomic E-state index is 6.16. The van der Waals surface area contributed by atoms with Gasteiger partial charge in [0.05, 0.1) is 0 Å². The minimum absolute atomic E-state index is 0.594. The van der Waals surface area contributed by atoms with Crippen molar-refractivity contribution in [1.82, 2.24) is 0 Å². The van der Waals surface area contributed by atoms with Gasteiger partial charge in [-0.2, -0.15) is 0 Å². The smallest absolute Gasteiger partial charge is 0.0426 e. The first-order valence-corrected chi connectivity index (χ1v) is 7.89. The molecule has 1 aliphatic carbocycles. The van der Waals surface area contributed by atoms with E-state index in [1.807, 2.05) is 6.07 Å². The summed E-state index contributed by atoms with van der Waals surface area (Å²) in [6.07, 6.45) is 7.03. The fourth-order valence-electron chi connectivity index (χ4n) is 3.82. The zero-order valence-electron chi connectivity index (χ0n) is 11.4. The zero-order chi connectivity index (χ0) is 13.2. The molecule has 1 aromatic carbocycles. The van der Waals surface area contributed by atoms with Gasteiger partial charge in [-0.3, -0.25) is 0 Å². The Labute approximate surface area is 120 Å². The van der Waals surface area contributed by atoms with E-state index in [0.29, 0.717) is 6.54 Å². The summed E-state index contributed by atoms with van der Waals surface area (Å²) in [5.41, 5.74) is 8.35. The Bertz CT molecular complexity index is 446. The van der Waals surface area contributed by atoms with E-state index < -0.39 is 0 Å². The molecule has 2 nitrogen and oxygen atoms in total. The van der Waals surface area contributed by atoms with Crippen molar-refractivity contribution >= 4 is 17.3 Å². The van der Waals surface area contributed by atoms with Gasteiger partial charge in [0, 0.05) is 30.3 Å². The molecule has 0 aromatic heterocycles. The van der Waals surface area contributed by atoms with Gasteiger partial charge in [0.1, 0.15) is 0 Å². The molecule has 3 heteroatoms. The van der Waals surface area contributed by atoms with Crippen LogP contribution < -0.4 is 10.6 Å². The highest BCUT2D eigenvalue weighted by Gasteiger charge is 2.31. The van der Waals surface area contributed by atoms with E-state index in [-0.39, 0.29) is 0 Å². The Balaban J connectivity index is 1.80. The van der Waals surface area contributed by atoms with Gasteiger partial charge >= 0.3 is 0 Å². The van der Waals surface area contributed by atoms with Gasteiger partial charge in [0.2, 0.25) is 0 Å². The second-order valence-corrected chi connectivity index (χ2v) is 6.45. The van der Waals surface area contributed by atoms with E-state index in [1.54, 1.807) is 0 Å². The molecule has 0 spiro atoms. The second kappa shape index (κ2) is 5.72. The van der Waals surface area contributed by atoms with Crippen LogP contribution >= 0.6 is 11.6 Å². The van der Waals surface area contributed by atoms with Crippen molar-refractivity contribution in [3.05, 3.63) is 28.8 Å². The van der Waals surface area contributed by atoms with E-state index in [0.717, 1.165) is 23.4 Å². The van der Waals surface area contributed by atoms with Crippen LogP contribution in [0.15, 0.2) is 18.2 Å². The van der Waals surface area contributed by atoms with E-state index in [4.69, 9.17) is 17.3 Å². The number of piperidine rings is 1. The summed E-state index contributed by atoms with van der Waals surface area (Å²) in [5.74, 6) is 1.85. The minimum atomic E-state index is 0.594. The molecular formula is C16H23ClN2. The summed E-state index contributed by atoms with van der Waals surface area (Å²) in [6, 6.07) is 6.11. The van der Waals surface area contributed by atoms with Gasteiger partial charge in [0.15, 0.2) is 0 Å². The summed E-state index contributed by atoms with van der Waals surface area (Å²) in [5, 5.41) is 0.818. The summed E-state index contributed by atoms with van der Waals surface area (Å²) < 4.78 is 0. The van der Waals surface area contributed by atoms with Crippen LogP contribution in [-0.4, -0.2) is 13.1 Å². The molecule has 2 unspecified atom stereocenters. The first kappa shape index (κ1) is 13.3. The first-order valence-electron chi connectivity index (χ1n) is 7.51. The number of nitrogens with two attached hydrogens (primary N) is 1. The van der Waals surface area contributed by atoms with Crippen LogP contribution in [-0.2, 0) is 6.54 Å². The van der Waals surface area contributed by atoms with Crippen molar-refractivity contribution in [2.24, 2.45) is 17.6 Å². The molecule has 0 amide bonds. The monoisotopic (exact) mass is 278 g/mol. The first-order chi connectivity index (χ1) is 9.28. The van der Waals surface area contributed by atoms with E-state index in [2.05, 4.69) is 17.0 Å². The minimum Gasteiger partial charge on any atom is -0.371 e. The third kappa shape index (κ3) is 2.75. The standard InChI is InChI=1S/C16H23ClN2/c17-15-6-5-13(10-18)16(9-15)19-8-7-12-3-1-2-4-14(12)11-19/h5-6,9,12,14H,1-4,7-8,10-11,18H2. The average molecular weight is 279 g/mol. The number of rotatable bonds is 2. The fourth-order valence-corrected chi connectivity index (χ4v) is 3.99. The molecular weight excluding hydrogens is 256 g/mol. The molecule has 0 radical (unpaired) electrons. The SMILES string of the molecule is NCc1ccc(Cl)cc1N1CCC2CCCCC2C1. The molecule has 1 saturated carbocycles. The van der Waals surface area contributed by atoms with Crippen LogP contribution in [0.4, 0.5) is 5.69 Å². The summed E-state index contributed by atoms with van der Waals surface area (Å²) in [6.45, 7) is 2.95. The van der Waals surface area contributed by atoms with Gasteiger partial charge in [-0.1, -0.05) is 36.9 Å². The lowest BCUT2D eigenvalue weighted by molar-refractivity contribution is 0.202. The van der Waals surface area contributed by atoms with E-state index in [9.17, 15) is 0 Å². The maximum Gasteiger partial charge on any atom is 0.0426 e. The zero-order valence-corrected chi connectivity index (χ0v) is 12.2. The lowest BCUT2D eigenvalue weighted by Gasteiger charge is -2.43. The van der Waals surface area contributed by atoms with Gasteiger partial charge in [-0.25, -0.2) is 0 Å². The highest BCUT2D eigenvalue weighted by Crippen LogP contribution is 2.38. The fraction of sp³-hybridized carbons (Fsp3) is 0.625. The lowest BCUT2D eigenvalue weighted by Crippen LogP contribution is -2.42. The van der Waals surface area contributed by atoms with Gasteiger partial charge < -0.3 is 10.6 Å². The number of hydrogen-bond acceptors (Lipinski definition) is 2. The van der Waals surface area contributed by atoms with Crippen LogP contribution in [0.5, 0.6) is 0 Å². The molecule has 2 N–H and O–H groups in total. The molecule has 1 aromatic rings. The predicted molar refractivity (Wildman–Crippen MR) is 81.6 cm³/mol. The van der Waals surface area contributed by atoms with Crippen molar-refractivity contribution in [1.29, 1.82) is 0 Å². The summed E-state index contributed by atoms with van der Waals surface area (Å²) >= 11 is 6.16. The highest BCUT2D eigenvalue weighted by molar-refractivity contribution is 6.30. The largest absolute Gasteiger partial charge is 0.371 e. The van der Waals surface area contributed by atoms with Gasteiger partial charge in [0.25, 0.3) is 0 Å². The van der Waals surface area contributed by atoms with Gasteiger partial charge in [-0.05, 0) is 42.4 Å². The van der Waals surface area contributed by atoms with Crippen molar-refractivity contribution in [3.63, 3.8) is 0 Å². The quantitative estimate of drug-likeness (QED) is 0.891. The van der Waals surface area contributed by atoms with Crippen LogP contribution in [0.2, 0.25) is 5.02 Å². The highest BCUT2D eigenvalue weighted by atomic mass is 35.5. The molecule has 2 atom stereocenters.